The van der Waals surface area contributed by atoms with Crippen LogP contribution in [-0.4, -0.2) is 30.3 Å². The van der Waals surface area contributed by atoms with E-state index >= 15 is 0 Å². The average Bonchev–Trinajstić information content (AvgIpc) is 2.55. The van der Waals surface area contributed by atoms with Crippen molar-refractivity contribution in [3.05, 3.63) is 53.1 Å². The van der Waals surface area contributed by atoms with Crippen molar-refractivity contribution in [1.82, 2.24) is 0 Å². The summed E-state index contributed by atoms with van der Waals surface area (Å²) in [6, 6.07) is 11.4. The molecule has 0 saturated carbocycles. The highest BCUT2D eigenvalue weighted by atomic mass is 16.5. The predicted octanol–water partition coefficient (Wildman–Crippen LogP) is 2.21. The zero-order chi connectivity index (χ0) is 17.3. The zero-order valence-corrected chi connectivity index (χ0v) is 14.0. The number of ether oxygens (including phenoxy) is 1. The molecule has 2 aromatic rings. The van der Waals surface area contributed by atoms with E-state index in [1.54, 1.807) is 23.1 Å². The van der Waals surface area contributed by atoms with Gasteiger partial charge in [0.25, 0.3) is 5.91 Å². The molecule has 0 radical (unpaired) electrons. The molecule has 0 bridgehead atoms. The summed E-state index contributed by atoms with van der Waals surface area (Å²) in [4.78, 5) is 14.4. The van der Waals surface area contributed by atoms with Crippen LogP contribution in [0.15, 0.2) is 36.4 Å². The summed E-state index contributed by atoms with van der Waals surface area (Å²) >= 11 is 0. The molecule has 3 N–H and O–H groups in total. The Morgan fingerprint density at radius 1 is 1.17 bits per heavy atom. The van der Waals surface area contributed by atoms with Crippen LogP contribution < -0.4 is 15.4 Å². The molecule has 126 valence electrons. The maximum atomic E-state index is 12.8. The number of β-amino-alcohol motifs (C(OH)–C–C–N with tert-alkyl or cyclic N) is 1. The van der Waals surface area contributed by atoms with Crippen LogP contribution in [0, 0.1) is 13.8 Å². The first-order valence-electron chi connectivity index (χ1n) is 8.04. The van der Waals surface area contributed by atoms with Gasteiger partial charge < -0.3 is 20.5 Å². The number of carbonyl (C=O) groups is 1. The van der Waals surface area contributed by atoms with Crippen molar-refractivity contribution in [2.24, 2.45) is 0 Å². The Morgan fingerprint density at radius 3 is 2.67 bits per heavy atom. The molecule has 0 aliphatic carbocycles. The number of nitrogens with two attached hydrogens (primary N) is 1. The van der Waals surface area contributed by atoms with E-state index < -0.39 is 6.10 Å². The summed E-state index contributed by atoms with van der Waals surface area (Å²) in [5.41, 5.74) is 10.5. The lowest BCUT2D eigenvalue weighted by Gasteiger charge is -2.34. The number of anilines is 2. The fourth-order valence-corrected chi connectivity index (χ4v) is 2.95. The zero-order valence-electron chi connectivity index (χ0n) is 14.0. The molecule has 0 fully saturated rings. The maximum Gasteiger partial charge on any atom is 0.268 e. The van der Waals surface area contributed by atoms with Crippen LogP contribution in [0.1, 0.15) is 16.7 Å². The number of amides is 1. The maximum absolute atomic E-state index is 12.8. The van der Waals surface area contributed by atoms with Gasteiger partial charge in [-0.1, -0.05) is 18.2 Å². The average molecular weight is 326 g/mol. The Kier molecular flexibility index (Phi) is 4.44. The third-order valence-electron chi connectivity index (χ3n) is 4.40. The Morgan fingerprint density at radius 2 is 1.96 bits per heavy atom. The van der Waals surface area contributed by atoms with Crippen LogP contribution >= 0.6 is 0 Å². The van der Waals surface area contributed by atoms with E-state index in [0.717, 1.165) is 5.56 Å². The third kappa shape index (κ3) is 3.08. The van der Waals surface area contributed by atoms with E-state index in [1.807, 2.05) is 6.07 Å². The van der Waals surface area contributed by atoms with Crippen LogP contribution in [0.25, 0.3) is 0 Å². The Balaban J connectivity index is 1.91. The Labute approximate surface area is 141 Å². The molecule has 24 heavy (non-hydrogen) atoms. The van der Waals surface area contributed by atoms with Gasteiger partial charge in [0, 0.05) is 24.7 Å². The van der Waals surface area contributed by atoms with Crippen molar-refractivity contribution < 1.29 is 14.6 Å². The number of hydrogen-bond acceptors (Lipinski definition) is 4. The monoisotopic (exact) mass is 326 g/mol. The first-order chi connectivity index (χ1) is 11.5. The Bertz CT molecular complexity index is 773. The summed E-state index contributed by atoms with van der Waals surface area (Å²) in [6.07, 6.45) is -0.135. The van der Waals surface area contributed by atoms with Crippen LogP contribution in [0.3, 0.4) is 0 Å². The number of benzene rings is 2. The topological polar surface area (TPSA) is 75.8 Å². The minimum atomic E-state index is -0.618. The highest BCUT2D eigenvalue weighted by Gasteiger charge is 2.34. The van der Waals surface area contributed by atoms with Crippen LogP contribution in [0.4, 0.5) is 11.4 Å². The second-order valence-electron chi connectivity index (χ2n) is 6.17. The van der Waals surface area contributed by atoms with Gasteiger partial charge in [-0.05, 0) is 42.7 Å². The number of rotatable bonds is 4. The van der Waals surface area contributed by atoms with Gasteiger partial charge >= 0.3 is 0 Å². The minimum Gasteiger partial charge on any atom is -0.478 e. The van der Waals surface area contributed by atoms with Crippen LogP contribution in [0.2, 0.25) is 0 Å². The van der Waals surface area contributed by atoms with Crippen LogP contribution in [-0.2, 0) is 11.2 Å². The fourth-order valence-electron chi connectivity index (χ4n) is 2.95. The minimum absolute atomic E-state index is 0.105. The van der Waals surface area contributed by atoms with E-state index in [-0.39, 0.29) is 19.1 Å². The molecule has 1 heterocycles. The lowest BCUT2D eigenvalue weighted by molar-refractivity contribution is -0.126. The van der Waals surface area contributed by atoms with Gasteiger partial charge in [-0.3, -0.25) is 4.79 Å². The third-order valence-corrected chi connectivity index (χ3v) is 4.40. The van der Waals surface area contributed by atoms with Gasteiger partial charge in [0.1, 0.15) is 5.75 Å². The second-order valence-corrected chi connectivity index (χ2v) is 6.17. The molecule has 0 aromatic heterocycles. The second kappa shape index (κ2) is 6.53. The lowest BCUT2D eigenvalue weighted by atomic mass is 10.0. The number of fused-ring (bicyclic) bond motifs is 1. The smallest absolute Gasteiger partial charge is 0.268 e. The van der Waals surface area contributed by atoms with E-state index in [4.69, 9.17) is 10.5 Å². The van der Waals surface area contributed by atoms with Gasteiger partial charge in [0.2, 0.25) is 0 Å². The van der Waals surface area contributed by atoms with Crippen LogP contribution in [0.5, 0.6) is 5.75 Å². The Hall–Kier alpha value is -2.53. The molecule has 1 atom stereocenters. The van der Waals surface area contributed by atoms with Gasteiger partial charge in [0.05, 0.1) is 12.3 Å². The summed E-state index contributed by atoms with van der Waals surface area (Å²) in [7, 11) is 0. The highest BCUT2D eigenvalue weighted by Crippen LogP contribution is 2.36. The molecule has 1 aliphatic heterocycles. The normalized spacial score (nSPS) is 16.7. The van der Waals surface area contributed by atoms with Crippen molar-refractivity contribution in [3.63, 3.8) is 0 Å². The number of aliphatic hydroxyl groups excluding tert-OH is 1. The summed E-state index contributed by atoms with van der Waals surface area (Å²) in [5, 5.41) is 9.30. The van der Waals surface area contributed by atoms with Gasteiger partial charge in [-0.2, -0.15) is 0 Å². The number of aryl methyl sites for hydroxylation is 2. The van der Waals surface area contributed by atoms with Crippen molar-refractivity contribution >= 4 is 17.3 Å². The predicted molar refractivity (Wildman–Crippen MR) is 94.3 cm³/mol. The largest absolute Gasteiger partial charge is 0.478 e. The number of hydrogen-bond donors (Lipinski definition) is 2. The lowest BCUT2D eigenvalue weighted by Crippen LogP contribution is -2.48. The molecular weight excluding hydrogens is 304 g/mol. The molecule has 1 aliphatic rings. The van der Waals surface area contributed by atoms with Crippen molar-refractivity contribution in [1.29, 1.82) is 0 Å². The van der Waals surface area contributed by atoms with Crippen molar-refractivity contribution in [3.8, 4) is 5.75 Å². The SMILES string of the molecule is Cc1ccc(CC2Oc3cc(N)ccc3N(CCO)C2=O)cc1C. The molecule has 0 saturated heterocycles. The standard InChI is InChI=1S/C19H22N2O3/c1-12-3-4-14(9-13(12)2)10-18-19(23)21(7-8-22)16-6-5-15(20)11-17(16)24-18/h3-6,9,11,18,22H,7-8,10,20H2,1-2H3. The quantitative estimate of drug-likeness (QED) is 0.845. The molecule has 2 aromatic carbocycles. The first-order valence-corrected chi connectivity index (χ1v) is 8.04. The number of carbonyl (C=O) groups excluding carboxylic acids is 1. The summed E-state index contributed by atoms with van der Waals surface area (Å²) in [5.74, 6) is 0.441. The first kappa shape index (κ1) is 16.3. The molecular formula is C19H22N2O3. The number of nitrogens with zero attached hydrogens (tertiary/aromatic N) is 1. The van der Waals surface area contributed by atoms with Crippen molar-refractivity contribution in [2.75, 3.05) is 23.8 Å². The van der Waals surface area contributed by atoms with E-state index in [2.05, 4.69) is 26.0 Å². The van der Waals surface area contributed by atoms with E-state index in [1.165, 1.54) is 11.1 Å². The fraction of sp³-hybridized carbons (Fsp3) is 0.316. The molecule has 1 amide bonds. The summed E-state index contributed by atoms with van der Waals surface area (Å²) in [6.45, 7) is 4.24. The van der Waals surface area contributed by atoms with E-state index in [9.17, 15) is 9.90 Å². The molecule has 3 rings (SSSR count). The van der Waals surface area contributed by atoms with Gasteiger partial charge in [0.15, 0.2) is 6.10 Å². The molecule has 0 spiro atoms. The molecule has 5 nitrogen and oxygen atoms in total. The number of nitrogen functional groups attached to an aromatic ring is 1. The van der Waals surface area contributed by atoms with Gasteiger partial charge in [-0.25, -0.2) is 0 Å². The molecule has 1 unspecified atom stereocenters. The molecule has 5 heteroatoms. The van der Waals surface area contributed by atoms with Gasteiger partial charge in [-0.15, -0.1) is 0 Å². The van der Waals surface area contributed by atoms with E-state index in [0.29, 0.717) is 23.5 Å². The number of aliphatic hydroxyl groups is 1. The summed E-state index contributed by atoms with van der Waals surface area (Å²) < 4.78 is 5.92. The highest BCUT2D eigenvalue weighted by molar-refractivity contribution is 6.00. The van der Waals surface area contributed by atoms with Crippen molar-refractivity contribution in [2.45, 2.75) is 26.4 Å².